The summed E-state index contributed by atoms with van der Waals surface area (Å²) < 4.78 is 34.2. The first-order valence-corrected chi connectivity index (χ1v) is 21.4. The van der Waals surface area contributed by atoms with Crippen molar-refractivity contribution in [1.29, 1.82) is 0 Å². The highest BCUT2D eigenvalue weighted by Gasteiger charge is 2.19. The van der Waals surface area contributed by atoms with Gasteiger partial charge >= 0.3 is 5.97 Å². The van der Waals surface area contributed by atoms with Crippen LogP contribution < -0.4 is 4.89 Å². The second kappa shape index (κ2) is 33.2. The third-order valence-corrected chi connectivity index (χ3v) is 9.65. The van der Waals surface area contributed by atoms with Crippen molar-refractivity contribution in [3.8, 4) is 0 Å². The van der Waals surface area contributed by atoms with Crippen LogP contribution in [0, 0.1) is 0 Å². The molecule has 0 fully saturated rings. The van der Waals surface area contributed by atoms with E-state index in [-0.39, 0.29) is 25.8 Å². The lowest BCUT2D eigenvalue weighted by atomic mass is 10.0. The van der Waals surface area contributed by atoms with Gasteiger partial charge in [0.2, 0.25) is 0 Å². The van der Waals surface area contributed by atoms with Crippen molar-refractivity contribution in [3.63, 3.8) is 0 Å². The molecule has 2 atom stereocenters. The Labute approximate surface area is 297 Å². The predicted molar refractivity (Wildman–Crippen MR) is 199 cm³/mol. The molecular formula is C39H78NO7P. The van der Waals surface area contributed by atoms with E-state index >= 15 is 0 Å². The standard InChI is InChI=1S/C39H78NO7P/c1-6-8-10-12-14-16-18-20-21-23-25-27-29-31-34-44-38(37-47-48(42,43)46-35-33-40(3,4)5)36-45-39(41)32-30-28-26-24-22-19-17-15-13-11-9-7-2/h31,34,38H,6-30,32-33,35-37H2,1-5H3/b34-31-. The Morgan fingerprint density at radius 1 is 0.646 bits per heavy atom. The normalized spacial score (nSPS) is 14.0. The van der Waals surface area contributed by atoms with E-state index in [0.717, 1.165) is 32.1 Å². The number of unbranched alkanes of at least 4 members (excludes halogenated alkanes) is 23. The van der Waals surface area contributed by atoms with Crippen molar-refractivity contribution in [2.75, 3.05) is 47.5 Å². The van der Waals surface area contributed by atoms with Gasteiger partial charge in [-0.1, -0.05) is 155 Å². The summed E-state index contributed by atoms with van der Waals surface area (Å²) >= 11 is 0. The van der Waals surface area contributed by atoms with E-state index in [2.05, 4.69) is 13.8 Å². The molecule has 0 saturated carbocycles. The Bertz CT molecular complexity index is 787. The van der Waals surface area contributed by atoms with Gasteiger partial charge in [0.1, 0.15) is 19.8 Å². The maximum absolute atomic E-state index is 12.4. The van der Waals surface area contributed by atoms with E-state index in [1.165, 1.54) is 128 Å². The number of quaternary nitrogens is 1. The zero-order valence-corrected chi connectivity index (χ0v) is 33.1. The van der Waals surface area contributed by atoms with Gasteiger partial charge in [-0.2, -0.15) is 0 Å². The molecule has 48 heavy (non-hydrogen) atoms. The minimum absolute atomic E-state index is 0.0305. The average molecular weight is 704 g/mol. The van der Waals surface area contributed by atoms with Gasteiger partial charge in [-0.05, 0) is 25.3 Å². The fourth-order valence-corrected chi connectivity index (χ4v) is 6.20. The number of esters is 1. The Hall–Kier alpha value is -0.920. The molecular weight excluding hydrogens is 625 g/mol. The molecule has 9 heteroatoms. The van der Waals surface area contributed by atoms with Crippen LogP contribution in [0.5, 0.6) is 0 Å². The maximum atomic E-state index is 12.4. The van der Waals surface area contributed by atoms with E-state index in [1.54, 1.807) is 6.26 Å². The zero-order chi connectivity index (χ0) is 35.6. The number of phosphoric ester groups is 1. The molecule has 0 amide bonds. The minimum Gasteiger partial charge on any atom is -0.756 e. The summed E-state index contributed by atoms with van der Waals surface area (Å²) in [5.74, 6) is -0.291. The number of carbonyl (C=O) groups is 1. The number of phosphoric acid groups is 1. The van der Waals surface area contributed by atoms with Crippen LogP contribution in [0.2, 0.25) is 0 Å². The number of nitrogens with zero attached hydrogens (tertiary/aromatic N) is 1. The SMILES string of the molecule is CCCCCCCCCCCCCC/C=C\OC(COC(=O)CCCCCCCCCCCCCC)COP(=O)([O-])OCC[N+](C)(C)C. The predicted octanol–water partition coefficient (Wildman–Crippen LogP) is 10.8. The van der Waals surface area contributed by atoms with Gasteiger partial charge < -0.3 is 27.9 Å². The number of carbonyl (C=O) groups excluding carboxylic acids is 1. The summed E-state index contributed by atoms with van der Waals surface area (Å²) in [6.45, 7) is 4.72. The van der Waals surface area contributed by atoms with E-state index in [9.17, 15) is 14.3 Å². The second-order valence-corrected chi connectivity index (χ2v) is 16.1. The van der Waals surface area contributed by atoms with Crippen LogP contribution in [0.4, 0.5) is 0 Å². The number of hydrogen-bond donors (Lipinski definition) is 0. The lowest BCUT2D eigenvalue weighted by Gasteiger charge is -2.28. The summed E-state index contributed by atoms with van der Waals surface area (Å²) in [4.78, 5) is 24.7. The van der Waals surface area contributed by atoms with E-state index in [4.69, 9.17) is 18.5 Å². The lowest BCUT2D eigenvalue weighted by molar-refractivity contribution is -0.870. The second-order valence-electron chi connectivity index (χ2n) is 14.7. The Balaban J connectivity index is 4.32. The fourth-order valence-electron chi connectivity index (χ4n) is 5.47. The van der Waals surface area contributed by atoms with Crippen molar-refractivity contribution >= 4 is 13.8 Å². The van der Waals surface area contributed by atoms with Gasteiger partial charge in [0.25, 0.3) is 7.82 Å². The van der Waals surface area contributed by atoms with Crippen LogP contribution in [-0.4, -0.2) is 64.1 Å². The molecule has 0 aliphatic rings. The van der Waals surface area contributed by atoms with E-state index in [1.807, 2.05) is 27.2 Å². The van der Waals surface area contributed by atoms with Gasteiger partial charge in [0.15, 0.2) is 6.10 Å². The quantitative estimate of drug-likeness (QED) is 0.0209. The maximum Gasteiger partial charge on any atom is 0.305 e. The molecule has 0 aliphatic heterocycles. The molecule has 0 N–H and O–H groups in total. The minimum atomic E-state index is -4.50. The molecule has 2 unspecified atom stereocenters. The Morgan fingerprint density at radius 3 is 1.54 bits per heavy atom. The van der Waals surface area contributed by atoms with Crippen LogP contribution in [-0.2, 0) is 27.9 Å². The van der Waals surface area contributed by atoms with Crippen molar-refractivity contribution in [3.05, 3.63) is 12.3 Å². The number of hydrogen-bond acceptors (Lipinski definition) is 7. The van der Waals surface area contributed by atoms with Crippen molar-refractivity contribution < 1.29 is 37.3 Å². The molecule has 0 saturated heterocycles. The molecule has 8 nitrogen and oxygen atoms in total. The topological polar surface area (TPSA) is 94.1 Å². The van der Waals surface area contributed by atoms with Crippen LogP contribution in [0.15, 0.2) is 12.3 Å². The zero-order valence-electron chi connectivity index (χ0n) is 32.2. The molecule has 286 valence electrons. The molecule has 0 bridgehead atoms. The average Bonchev–Trinajstić information content (AvgIpc) is 3.03. The van der Waals surface area contributed by atoms with Gasteiger partial charge in [0.05, 0.1) is 34.0 Å². The molecule has 0 radical (unpaired) electrons. The summed E-state index contributed by atoms with van der Waals surface area (Å²) in [6.07, 6.45) is 34.6. The van der Waals surface area contributed by atoms with Gasteiger partial charge in [0, 0.05) is 6.42 Å². The summed E-state index contributed by atoms with van der Waals surface area (Å²) in [7, 11) is 1.37. The summed E-state index contributed by atoms with van der Waals surface area (Å²) in [5, 5.41) is 0. The first-order valence-electron chi connectivity index (χ1n) is 20.0. The van der Waals surface area contributed by atoms with Crippen LogP contribution in [0.25, 0.3) is 0 Å². The highest BCUT2D eigenvalue weighted by Crippen LogP contribution is 2.38. The molecule has 0 rings (SSSR count). The largest absolute Gasteiger partial charge is 0.756 e. The molecule has 0 aromatic carbocycles. The Kier molecular flexibility index (Phi) is 32.6. The summed E-state index contributed by atoms with van der Waals surface area (Å²) in [6, 6.07) is 0. The third-order valence-electron chi connectivity index (χ3n) is 8.69. The van der Waals surface area contributed by atoms with Crippen LogP contribution >= 0.6 is 7.82 Å². The van der Waals surface area contributed by atoms with Crippen molar-refractivity contribution in [1.82, 2.24) is 0 Å². The first-order chi connectivity index (χ1) is 23.1. The fraction of sp³-hybridized carbons (Fsp3) is 0.923. The Morgan fingerprint density at radius 2 is 1.08 bits per heavy atom. The van der Waals surface area contributed by atoms with Crippen molar-refractivity contribution in [2.24, 2.45) is 0 Å². The first kappa shape index (κ1) is 47.1. The summed E-state index contributed by atoms with van der Waals surface area (Å²) in [5.41, 5.74) is 0. The molecule has 0 aromatic rings. The third kappa shape index (κ3) is 36.4. The van der Waals surface area contributed by atoms with E-state index < -0.39 is 13.9 Å². The highest BCUT2D eigenvalue weighted by atomic mass is 31.2. The number of rotatable bonds is 37. The van der Waals surface area contributed by atoms with Gasteiger partial charge in [-0.3, -0.25) is 9.36 Å². The van der Waals surface area contributed by atoms with E-state index in [0.29, 0.717) is 17.4 Å². The van der Waals surface area contributed by atoms with Crippen LogP contribution in [0.1, 0.15) is 181 Å². The van der Waals surface area contributed by atoms with Gasteiger partial charge in [-0.25, -0.2) is 0 Å². The molecule has 0 spiro atoms. The number of ether oxygens (including phenoxy) is 2. The number of likely N-dealkylation sites (N-methyl/N-ethyl adjacent to an activating group) is 1. The molecule has 0 aromatic heterocycles. The molecule has 0 heterocycles. The molecule has 0 aliphatic carbocycles. The smallest absolute Gasteiger partial charge is 0.305 e. The monoisotopic (exact) mass is 704 g/mol. The highest BCUT2D eigenvalue weighted by molar-refractivity contribution is 7.45. The van der Waals surface area contributed by atoms with Crippen LogP contribution in [0.3, 0.4) is 0 Å². The van der Waals surface area contributed by atoms with Crippen molar-refractivity contribution in [2.45, 2.75) is 187 Å². The van der Waals surface area contributed by atoms with Gasteiger partial charge in [-0.15, -0.1) is 0 Å². The lowest BCUT2D eigenvalue weighted by Crippen LogP contribution is -2.37. The number of allylic oxidation sites excluding steroid dienone is 1.